The summed E-state index contributed by atoms with van der Waals surface area (Å²) < 4.78 is 0. The molecule has 2 nitrogen and oxygen atoms in total. The summed E-state index contributed by atoms with van der Waals surface area (Å²) >= 11 is 5.48. The van der Waals surface area contributed by atoms with Crippen molar-refractivity contribution < 1.29 is 10.2 Å². The smallest absolute Gasteiger partial charge is 0.0675 e. The molecule has 0 aliphatic rings. The number of rotatable bonds is 10. The SMILES string of the molecule is OCCCCCCCCC[C@H](O)CCl. The lowest BCUT2D eigenvalue weighted by molar-refractivity contribution is 0.183. The van der Waals surface area contributed by atoms with Crippen LogP contribution in [0.5, 0.6) is 0 Å². The fourth-order valence-corrected chi connectivity index (χ4v) is 1.61. The van der Waals surface area contributed by atoms with Crippen molar-refractivity contribution in [1.29, 1.82) is 0 Å². The minimum Gasteiger partial charge on any atom is -0.396 e. The van der Waals surface area contributed by atoms with Gasteiger partial charge in [0, 0.05) is 12.5 Å². The van der Waals surface area contributed by atoms with Crippen LogP contribution >= 0.6 is 11.6 Å². The number of alkyl halides is 1. The van der Waals surface area contributed by atoms with Crippen LogP contribution in [-0.4, -0.2) is 28.8 Å². The first-order valence-electron chi connectivity index (χ1n) is 5.66. The molecule has 1 atom stereocenters. The molecular formula is C11H23ClO2. The van der Waals surface area contributed by atoms with Crippen molar-refractivity contribution in [2.45, 2.75) is 57.5 Å². The maximum absolute atomic E-state index is 9.17. The van der Waals surface area contributed by atoms with Crippen LogP contribution in [0.1, 0.15) is 51.4 Å². The Kier molecular flexibility index (Phi) is 11.5. The van der Waals surface area contributed by atoms with Crippen molar-refractivity contribution in [3.8, 4) is 0 Å². The maximum Gasteiger partial charge on any atom is 0.0675 e. The number of aliphatic hydroxyl groups excluding tert-OH is 2. The van der Waals surface area contributed by atoms with Gasteiger partial charge in [0.1, 0.15) is 0 Å². The third-order valence-electron chi connectivity index (χ3n) is 2.37. The van der Waals surface area contributed by atoms with E-state index in [-0.39, 0.29) is 6.10 Å². The minimum atomic E-state index is -0.314. The largest absolute Gasteiger partial charge is 0.396 e. The molecule has 0 spiro atoms. The first-order valence-corrected chi connectivity index (χ1v) is 6.19. The summed E-state index contributed by atoms with van der Waals surface area (Å²) in [4.78, 5) is 0. The van der Waals surface area contributed by atoms with E-state index >= 15 is 0 Å². The third kappa shape index (κ3) is 10.3. The number of hydrogen-bond donors (Lipinski definition) is 2. The monoisotopic (exact) mass is 222 g/mol. The molecule has 0 saturated carbocycles. The number of aliphatic hydroxyl groups is 2. The second-order valence-electron chi connectivity index (χ2n) is 3.80. The average molecular weight is 223 g/mol. The van der Waals surface area contributed by atoms with Gasteiger partial charge in [-0.1, -0.05) is 38.5 Å². The van der Waals surface area contributed by atoms with Gasteiger partial charge in [0.05, 0.1) is 6.10 Å². The summed E-state index contributed by atoms with van der Waals surface area (Å²) in [5, 5.41) is 17.7. The summed E-state index contributed by atoms with van der Waals surface area (Å²) in [7, 11) is 0. The Balaban J connectivity index is 2.92. The van der Waals surface area contributed by atoms with E-state index in [0.717, 1.165) is 25.7 Å². The molecule has 3 heteroatoms. The third-order valence-corrected chi connectivity index (χ3v) is 2.73. The molecule has 0 bridgehead atoms. The number of unbranched alkanes of at least 4 members (excludes halogenated alkanes) is 6. The molecule has 0 aromatic rings. The van der Waals surface area contributed by atoms with E-state index in [1.165, 1.54) is 25.7 Å². The molecule has 2 N–H and O–H groups in total. The summed E-state index contributed by atoms with van der Waals surface area (Å²) in [6, 6.07) is 0. The van der Waals surface area contributed by atoms with Gasteiger partial charge < -0.3 is 10.2 Å². The lowest BCUT2D eigenvalue weighted by atomic mass is 10.1. The van der Waals surface area contributed by atoms with Gasteiger partial charge in [-0.05, 0) is 12.8 Å². The van der Waals surface area contributed by atoms with E-state index in [4.69, 9.17) is 16.7 Å². The summed E-state index contributed by atoms with van der Waals surface area (Å²) in [6.45, 7) is 0.321. The van der Waals surface area contributed by atoms with Crippen molar-refractivity contribution in [3.63, 3.8) is 0 Å². The van der Waals surface area contributed by atoms with Crippen molar-refractivity contribution in [1.82, 2.24) is 0 Å². The van der Waals surface area contributed by atoms with Gasteiger partial charge in [0.2, 0.25) is 0 Å². The topological polar surface area (TPSA) is 40.5 Å². The Hall–Kier alpha value is 0.210. The standard InChI is InChI=1S/C11H23ClO2/c12-10-11(14)8-6-4-2-1-3-5-7-9-13/h11,13-14H,1-10H2/t11-/m0/s1. The van der Waals surface area contributed by atoms with Gasteiger partial charge in [-0.2, -0.15) is 0 Å². The highest BCUT2D eigenvalue weighted by atomic mass is 35.5. The van der Waals surface area contributed by atoms with E-state index in [1.54, 1.807) is 0 Å². The lowest BCUT2D eigenvalue weighted by Gasteiger charge is -2.05. The van der Waals surface area contributed by atoms with Crippen LogP contribution in [0.4, 0.5) is 0 Å². The maximum atomic E-state index is 9.17. The fourth-order valence-electron chi connectivity index (χ4n) is 1.45. The molecule has 0 heterocycles. The first-order chi connectivity index (χ1) is 6.81. The molecule has 0 aromatic heterocycles. The molecule has 0 rings (SSSR count). The summed E-state index contributed by atoms with van der Waals surface area (Å²) in [6.07, 6.45) is 8.56. The molecule has 0 fully saturated rings. The van der Waals surface area contributed by atoms with E-state index in [0.29, 0.717) is 12.5 Å². The summed E-state index contributed by atoms with van der Waals surface area (Å²) in [5.41, 5.74) is 0. The van der Waals surface area contributed by atoms with Crippen molar-refractivity contribution in [2.24, 2.45) is 0 Å². The van der Waals surface area contributed by atoms with E-state index in [2.05, 4.69) is 0 Å². The predicted molar refractivity (Wildman–Crippen MR) is 60.7 cm³/mol. The van der Waals surface area contributed by atoms with E-state index in [1.807, 2.05) is 0 Å². The zero-order valence-electron chi connectivity index (χ0n) is 8.92. The van der Waals surface area contributed by atoms with Crippen molar-refractivity contribution in [3.05, 3.63) is 0 Å². The summed E-state index contributed by atoms with van der Waals surface area (Å²) in [5.74, 6) is 0.358. The highest BCUT2D eigenvalue weighted by Gasteiger charge is 2.00. The van der Waals surface area contributed by atoms with Crippen LogP contribution in [0.15, 0.2) is 0 Å². The Morgan fingerprint density at radius 1 is 0.857 bits per heavy atom. The van der Waals surface area contributed by atoms with Gasteiger partial charge >= 0.3 is 0 Å². The van der Waals surface area contributed by atoms with Gasteiger partial charge in [-0.3, -0.25) is 0 Å². The predicted octanol–water partition coefficient (Wildman–Crippen LogP) is 2.70. The molecule has 0 saturated heterocycles. The van der Waals surface area contributed by atoms with Crippen LogP contribution in [0.25, 0.3) is 0 Å². The zero-order chi connectivity index (χ0) is 10.6. The zero-order valence-corrected chi connectivity index (χ0v) is 9.68. The average Bonchev–Trinajstić information content (AvgIpc) is 2.21. The number of hydrogen-bond acceptors (Lipinski definition) is 2. The lowest BCUT2D eigenvalue weighted by Crippen LogP contribution is -2.07. The molecule has 14 heavy (non-hydrogen) atoms. The second-order valence-corrected chi connectivity index (χ2v) is 4.10. The number of halogens is 1. The molecular weight excluding hydrogens is 200 g/mol. The van der Waals surface area contributed by atoms with Crippen LogP contribution < -0.4 is 0 Å². The Morgan fingerprint density at radius 3 is 1.86 bits per heavy atom. The Morgan fingerprint density at radius 2 is 1.36 bits per heavy atom. The normalized spacial score (nSPS) is 13.1. The molecule has 0 aromatic carbocycles. The van der Waals surface area contributed by atoms with Crippen molar-refractivity contribution >= 4 is 11.6 Å². The second kappa shape index (κ2) is 11.3. The van der Waals surface area contributed by atoms with Gasteiger partial charge in [-0.15, -0.1) is 11.6 Å². The van der Waals surface area contributed by atoms with Crippen LogP contribution in [-0.2, 0) is 0 Å². The quantitative estimate of drug-likeness (QED) is 0.441. The van der Waals surface area contributed by atoms with Crippen LogP contribution in [0.2, 0.25) is 0 Å². The van der Waals surface area contributed by atoms with E-state index < -0.39 is 0 Å². The fraction of sp³-hybridized carbons (Fsp3) is 1.00. The Bertz CT molecular complexity index is 109. The van der Waals surface area contributed by atoms with Crippen LogP contribution in [0, 0.1) is 0 Å². The van der Waals surface area contributed by atoms with Gasteiger partial charge in [-0.25, -0.2) is 0 Å². The molecule has 0 amide bonds. The van der Waals surface area contributed by atoms with Gasteiger partial charge in [0.15, 0.2) is 0 Å². The highest BCUT2D eigenvalue weighted by Crippen LogP contribution is 2.10. The van der Waals surface area contributed by atoms with Crippen molar-refractivity contribution in [2.75, 3.05) is 12.5 Å². The van der Waals surface area contributed by atoms with Gasteiger partial charge in [0.25, 0.3) is 0 Å². The van der Waals surface area contributed by atoms with Crippen LogP contribution in [0.3, 0.4) is 0 Å². The molecule has 0 aliphatic heterocycles. The first kappa shape index (κ1) is 14.2. The Labute approximate surface area is 92.3 Å². The highest BCUT2D eigenvalue weighted by molar-refractivity contribution is 6.18. The minimum absolute atomic E-state index is 0.314. The molecule has 0 aliphatic carbocycles. The molecule has 0 unspecified atom stereocenters. The van der Waals surface area contributed by atoms with E-state index in [9.17, 15) is 5.11 Å². The molecule has 0 radical (unpaired) electrons. The molecule has 86 valence electrons.